The van der Waals surface area contributed by atoms with Crippen LogP contribution < -0.4 is 20.1 Å². The molecule has 0 bridgehead atoms. The van der Waals surface area contributed by atoms with Gasteiger partial charge in [-0.05, 0) is 24.5 Å². The number of rotatable bonds is 5. The predicted octanol–water partition coefficient (Wildman–Crippen LogP) is 4.42. The Bertz CT molecular complexity index is 1210. The van der Waals surface area contributed by atoms with Crippen molar-refractivity contribution >= 4 is 41.2 Å². The number of ether oxygens (including phenoxy) is 3. The number of benzene rings is 2. The Morgan fingerprint density at radius 3 is 2.42 bits per heavy atom. The van der Waals surface area contributed by atoms with E-state index in [0.29, 0.717) is 41.9 Å². The molecule has 192 valence electrons. The summed E-state index contributed by atoms with van der Waals surface area (Å²) in [5, 5.41) is 0.717. The Morgan fingerprint density at radius 2 is 1.69 bits per heavy atom. The van der Waals surface area contributed by atoms with Crippen molar-refractivity contribution in [2.24, 2.45) is 0 Å². The highest BCUT2D eigenvalue weighted by molar-refractivity contribution is 5.91. The van der Waals surface area contributed by atoms with Gasteiger partial charge >= 0.3 is 6.09 Å². The molecule has 2 aromatic carbocycles. The first kappa shape index (κ1) is 25.6. The summed E-state index contributed by atoms with van der Waals surface area (Å²) in [6.45, 7) is 1.43. The van der Waals surface area contributed by atoms with Crippen LogP contribution in [0.1, 0.15) is 31.2 Å². The summed E-state index contributed by atoms with van der Waals surface area (Å²) in [5.41, 5.74) is 8.03. The minimum atomic E-state index is -0.263. The molecule has 1 saturated heterocycles. The van der Waals surface area contributed by atoms with Gasteiger partial charge in [0.25, 0.3) is 0 Å². The number of amides is 1. The predicted molar refractivity (Wildman–Crippen MR) is 141 cm³/mol. The fourth-order valence-electron chi connectivity index (χ4n) is 5.24. The van der Waals surface area contributed by atoms with Crippen LogP contribution in [0.25, 0.3) is 10.9 Å². The number of hydrogen-bond acceptors (Lipinski definition) is 8. The van der Waals surface area contributed by atoms with E-state index >= 15 is 0 Å². The molecule has 1 amide bonds. The second-order valence-corrected chi connectivity index (χ2v) is 8.98. The van der Waals surface area contributed by atoms with Crippen LogP contribution in [0.3, 0.4) is 0 Å². The minimum absolute atomic E-state index is 0. The molecule has 9 nitrogen and oxygen atoms in total. The summed E-state index contributed by atoms with van der Waals surface area (Å²) in [5.74, 6) is 2.14. The van der Waals surface area contributed by atoms with Crippen LogP contribution in [0.15, 0.2) is 42.5 Å². The first-order valence-electron chi connectivity index (χ1n) is 12.0. The summed E-state index contributed by atoms with van der Waals surface area (Å²) in [4.78, 5) is 26.6. The number of hydrogen-bond donors (Lipinski definition) is 1. The van der Waals surface area contributed by atoms with Gasteiger partial charge < -0.3 is 29.7 Å². The lowest BCUT2D eigenvalue weighted by Crippen LogP contribution is -2.62. The summed E-state index contributed by atoms with van der Waals surface area (Å²) < 4.78 is 16.5. The van der Waals surface area contributed by atoms with Gasteiger partial charge in [-0.3, -0.25) is 0 Å². The lowest BCUT2D eigenvalue weighted by molar-refractivity contribution is 0.0556. The lowest BCUT2D eigenvalue weighted by atomic mass is 9.86. The highest BCUT2D eigenvalue weighted by Gasteiger charge is 2.42. The second kappa shape index (κ2) is 11.1. The summed E-state index contributed by atoms with van der Waals surface area (Å²) in [6, 6.07) is 13.5. The number of halogens is 1. The molecule has 2 N–H and O–H groups in total. The average molecular weight is 514 g/mol. The van der Waals surface area contributed by atoms with Crippen LogP contribution in [0.2, 0.25) is 0 Å². The fraction of sp³-hybridized carbons (Fsp3) is 0.423. The molecule has 1 saturated carbocycles. The first-order chi connectivity index (χ1) is 17.1. The maximum absolute atomic E-state index is 13.0. The highest BCUT2D eigenvalue weighted by atomic mass is 35.5. The van der Waals surface area contributed by atoms with E-state index in [2.05, 4.69) is 9.88 Å². The highest BCUT2D eigenvalue weighted by Crippen LogP contribution is 2.37. The summed E-state index contributed by atoms with van der Waals surface area (Å²) >= 11 is 0. The van der Waals surface area contributed by atoms with Crippen molar-refractivity contribution in [1.29, 1.82) is 0 Å². The normalized spacial score (nSPS) is 19.3. The monoisotopic (exact) mass is 513 g/mol. The Labute approximate surface area is 216 Å². The molecule has 0 spiro atoms. The van der Waals surface area contributed by atoms with Gasteiger partial charge in [0.15, 0.2) is 11.5 Å². The molecule has 1 aliphatic heterocycles. The van der Waals surface area contributed by atoms with Gasteiger partial charge in [0.05, 0.1) is 31.8 Å². The van der Waals surface area contributed by atoms with Crippen LogP contribution in [0, 0.1) is 0 Å². The number of fused-ring (bicyclic) bond motifs is 2. The van der Waals surface area contributed by atoms with Crippen LogP contribution >= 0.6 is 12.4 Å². The number of carbonyl (C=O) groups excluding carboxylic acids is 1. The van der Waals surface area contributed by atoms with E-state index in [4.69, 9.17) is 24.9 Å². The van der Waals surface area contributed by atoms with Gasteiger partial charge in [0.1, 0.15) is 12.4 Å². The smallest absolute Gasteiger partial charge is 0.410 e. The number of methoxy groups -OCH3 is 2. The van der Waals surface area contributed by atoms with Crippen LogP contribution in [-0.4, -0.2) is 60.4 Å². The van der Waals surface area contributed by atoms with Crippen LogP contribution in [0.4, 0.5) is 16.6 Å². The van der Waals surface area contributed by atoms with Crippen molar-refractivity contribution in [2.75, 3.05) is 37.9 Å². The van der Waals surface area contributed by atoms with Gasteiger partial charge in [-0.2, -0.15) is 4.98 Å². The number of anilines is 2. The van der Waals surface area contributed by atoms with Gasteiger partial charge in [-0.1, -0.05) is 43.2 Å². The fourth-order valence-corrected chi connectivity index (χ4v) is 5.24. The van der Waals surface area contributed by atoms with Gasteiger partial charge in [-0.15, -0.1) is 12.4 Å². The maximum atomic E-state index is 13.0. The second-order valence-electron chi connectivity index (χ2n) is 8.98. The maximum Gasteiger partial charge on any atom is 0.410 e. The van der Waals surface area contributed by atoms with E-state index in [1.165, 1.54) is 0 Å². The van der Waals surface area contributed by atoms with Crippen molar-refractivity contribution in [1.82, 2.24) is 14.9 Å². The zero-order valence-corrected chi connectivity index (χ0v) is 21.4. The number of piperazine rings is 1. The Hall–Kier alpha value is -3.46. The third-order valence-electron chi connectivity index (χ3n) is 6.99. The van der Waals surface area contributed by atoms with Crippen molar-refractivity contribution < 1.29 is 19.0 Å². The van der Waals surface area contributed by atoms with E-state index in [1.54, 1.807) is 20.3 Å². The molecule has 2 aliphatic rings. The molecule has 1 aromatic heterocycles. The van der Waals surface area contributed by atoms with Crippen LogP contribution in [-0.2, 0) is 11.3 Å². The zero-order chi connectivity index (χ0) is 24.4. The molecule has 0 radical (unpaired) electrons. The summed E-state index contributed by atoms with van der Waals surface area (Å²) in [7, 11) is 3.18. The molecule has 2 fully saturated rings. The van der Waals surface area contributed by atoms with E-state index in [-0.39, 0.29) is 37.2 Å². The standard InChI is InChI=1S/C26H31N5O4.ClH/c1-33-22-14-18-19(15-23(22)34-2)28-25(29-24(18)27)30-12-13-31(21-11-7-6-10-20(21)30)26(32)35-16-17-8-4-3-5-9-17;/h3-5,8-9,14-15,20-21H,6-7,10-13,16H2,1-2H3,(H2,27,28,29);1H. The number of nitrogens with zero attached hydrogens (tertiary/aromatic N) is 4. The molecule has 1 aliphatic carbocycles. The van der Waals surface area contributed by atoms with E-state index in [1.807, 2.05) is 41.3 Å². The minimum Gasteiger partial charge on any atom is -0.493 e. The number of nitrogen functional groups attached to an aromatic ring is 1. The third-order valence-corrected chi connectivity index (χ3v) is 6.99. The molecule has 5 rings (SSSR count). The Morgan fingerprint density at radius 1 is 1.00 bits per heavy atom. The molecule has 3 aromatic rings. The Kier molecular flexibility index (Phi) is 7.88. The number of nitrogens with two attached hydrogens (primary N) is 1. The molecule has 2 atom stereocenters. The Balaban J connectivity index is 0.00000304. The number of carbonyl (C=O) groups is 1. The van der Waals surface area contributed by atoms with Crippen molar-refractivity contribution in [3.05, 3.63) is 48.0 Å². The SMILES string of the molecule is COc1cc2nc(N3CCN(C(=O)OCc4ccccc4)C4CCCCC43)nc(N)c2cc1OC.Cl. The lowest BCUT2D eigenvalue weighted by Gasteiger charge is -2.49. The zero-order valence-electron chi connectivity index (χ0n) is 20.6. The molecule has 10 heteroatoms. The van der Waals surface area contributed by atoms with Crippen molar-refractivity contribution in [3.63, 3.8) is 0 Å². The van der Waals surface area contributed by atoms with Gasteiger partial charge in [0.2, 0.25) is 5.95 Å². The number of aromatic nitrogens is 2. The average Bonchev–Trinajstić information content (AvgIpc) is 2.90. The van der Waals surface area contributed by atoms with E-state index < -0.39 is 0 Å². The summed E-state index contributed by atoms with van der Waals surface area (Å²) in [6.07, 6.45) is 3.80. The van der Waals surface area contributed by atoms with Gasteiger partial charge in [-0.25, -0.2) is 9.78 Å². The third kappa shape index (κ3) is 4.93. The van der Waals surface area contributed by atoms with Crippen LogP contribution in [0.5, 0.6) is 11.5 Å². The van der Waals surface area contributed by atoms with Crippen molar-refractivity contribution in [3.8, 4) is 11.5 Å². The molecular weight excluding hydrogens is 482 g/mol. The molecular formula is C26H32ClN5O4. The van der Waals surface area contributed by atoms with E-state index in [9.17, 15) is 4.79 Å². The van der Waals surface area contributed by atoms with Gasteiger partial charge in [0, 0.05) is 24.5 Å². The first-order valence-corrected chi connectivity index (χ1v) is 12.0. The molecule has 2 heterocycles. The molecule has 2 unspecified atom stereocenters. The topological polar surface area (TPSA) is 103 Å². The van der Waals surface area contributed by atoms with E-state index in [0.717, 1.165) is 36.6 Å². The van der Waals surface area contributed by atoms with Crippen molar-refractivity contribution in [2.45, 2.75) is 44.4 Å². The molecule has 36 heavy (non-hydrogen) atoms. The quantitative estimate of drug-likeness (QED) is 0.534. The largest absolute Gasteiger partial charge is 0.493 e.